The first-order valence-corrected chi connectivity index (χ1v) is 5.29. The van der Waals surface area contributed by atoms with E-state index < -0.39 is 0 Å². The van der Waals surface area contributed by atoms with E-state index in [1.807, 2.05) is 31.2 Å². The zero-order valence-corrected chi connectivity index (χ0v) is 9.29. The quantitative estimate of drug-likeness (QED) is 0.727. The van der Waals surface area contributed by atoms with E-state index in [0.29, 0.717) is 17.1 Å². The van der Waals surface area contributed by atoms with Crippen LogP contribution in [0.2, 0.25) is 0 Å². The first-order valence-electron chi connectivity index (χ1n) is 5.29. The third-order valence-electron chi connectivity index (χ3n) is 2.59. The number of hydrogen-bond donors (Lipinski definition) is 1. The molecule has 0 aliphatic heterocycles. The van der Waals surface area contributed by atoms with Gasteiger partial charge in [0.25, 0.3) is 0 Å². The van der Waals surface area contributed by atoms with Crippen molar-refractivity contribution in [3.63, 3.8) is 0 Å². The van der Waals surface area contributed by atoms with Crippen molar-refractivity contribution in [3.8, 4) is 11.5 Å². The summed E-state index contributed by atoms with van der Waals surface area (Å²) in [6, 6.07) is 7.46. The molecule has 3 heterocycles. The van der Waals surface area contributed by atoms with Gasteiger partial charge in [-0.1, -0.05) is 0 Å². The molecule has 5 heteroatoms. The minimum atomic E-state index is -0.0885. The summed E-state index contributed by atoms with van der Waals surface area (Å²) in [5.74, 6) is 1.55. The van der Waals surface area contributed by atoms with Gasteiger partial charge in [-0.3, -0.25) is 0 Å². The number of fused-ring (bicyclic) bond motifs is 1. The largest absolute Gasteiger partial charge is 0.460 e. The Labute approximate surface area is 97.3 Å². The maximum atomic E-state index is 9.17. The third kappa shape index (κ3) is 1.60. The van der Waals surface area contributed by atoms with Gasteiger partial charge >= 0.3 is 0 Å². The van der Waals surface area contributed by atoms with E-state index >= 15 is 0 Å². The molecule has 0 saturated carbocycles. The molecule has 3 aromatic heterocycles. The van der Waals surface area contributed by atoms with Crippen LogP contribution in [0.25, 0.3) is 17.1 Å². The Morgan fingerprint density at radius 3 is 2.88 bits per heavy atom. The molecule has 1 N–H and O–H groups in total. The maximum Gasteiger partial charge on any atom is 0.154 e. The summed E-state index contributed by atoms with van der Waals surface area (Å²) in [7, 11) is 0. The fraction of sp³-hybridized carbons (Fsp3) is 0.167. The van der Waals surface area contributed by atoms with Gasteiger partial charge in [-0.05, 0) is 31.2 Å². The van der Waals surface area contributed by atoms with E-state index in [9.17, 15) is 0 Å². The molecule has 3 aromatic rings. The molecule has 0 unspecified atom stereocenters. The molecular formula is C12H11N3O2. The first-order chi connectivity index (χ1) is 8.28. The molecule has 0 spiro atoms. The summed E-state index contributed by atoms with van der Waals surface area (Å²) in [5.41, 5.74) is 2.09. The summed E-state index contributed by atoms with van der Waals surface area (Å²) >= 11 is 0. The van der Waals surface area contributed by atoms with Gasteiger partial charge in [0.2, 0.25) is 0 Å². The highest BCUT2D eigenvalue weighted by atomic mass is 16.3. The molecule has 3 rings (SSSR count). The fourth-order valence-corrected chi connectivity index (χ4v) is 1.73. The number of imidazole rings is 1. The molecule has 5 nitrogen and oxygen atoms in total. The number of aromatic nitrogens is 3. The lowest BCUT2D eigenvalue weighted by atomic mass is 10.3. The van der Waals surface area contributed by atoms with E-state index in [0.717, 1.165) is 11.5 Å². The summed E-state index contributed by atoms with van der Waals surface area (Å²) in [6.45, 7) is 1.80. The molecule has 0 amide bonds. The number of hydrogen-bond acceptors (Lipinski definition) is 4. The molecule has 17 heavy (non-hydrogen) atoms. The van der Waals surface area contributed by atoms with Crippen LogP contribution in [-0.2, 0) is 6.61 Å². The predicted molar refractivity (Wildman–Crippen MR) is 61.3 cm³/mol. The zero-order valence-electron chi connectivity index (χ0n) is 9.29. The van der Waals surface area contributed by atoms with Gasteiger partial charge in [-0.2, -0.15) is 5.10 Å². The van der Waals surface area contributed by atoms with E-state index in [2.05, 4.69) is 10.1 Å². The average Bonchev–Trinajstić information content (AvgIpc) is 2.94. The van der Waals surface area contributed by atoms with Crippen LogP contribution in [0.5, 0.6) is 0 Å². The highest BCUT2D eigenvalue weighted by molar-refractivity contribution is 5.54. The molecule has 0 radical (unpaired) electrons. The van der Waals surface area contributed by atoms with Crippen molar-refractivity contribution in [2.24, 2.45) is 0 Å². The lowest BCUT2D eigenvalue weighted by Gasteiger charge is -2.00. The molecule has 0 aliphatic rings. The number of furan rings is 1. The SMILES string of the molecule is Cc1ccc(-c2ccc3ncc(CO)n3n2)o1. The van der Waals surface area contributed by atoms with Gasteiger partial charge in [-0.25, -0.2) is 9.50 Å². The van der Waals surface area contributed by atoms with Crippen LogP contribution in [0.15, 0.2) is 34.9 Å². The standard InChI is InChI=1S/C12H11N3O2/c1-8-2-4-11(17-8)10-3-5-12-13-6-9(7-16)15(12)14-10/h2-6,16H,7H2,1H3. The predicted octanol–water partition coefficient (Wildman–Crippen LogP) is 1.79. The highest BCUT2D eigenvalue weighted by Crippen LogP contribution is 2.20. The molecule has 0 fully saturated rings. The Balaban J connectivity index is 2.18. The monoisotopic (exact) mass is 229 g/mol. The van der Waals surface area contributed by atoms with Crippen molar-refractivity contribution < 1.29 is 9.52 Å². The Morgan fingerprint density at radius 1 is 1.29 bits per heavy atom. The number of aliphatic hydroxyl groups excluding tert-OH is 1. The molecule has 0 atom stereocenters. The topological polar surface area (TPSA) is 63.6 Å². The number of aliphatic hydroxyl groups is 1. The van der Waals surface area contributed by atoms with Gasteiger partial charge in [0.05, 0.1) is 18.5 Å². The Kier molecular flexibility index (Phi) is 2.19. The molecule has 86 valence electrons. The zero-order chi connectivity index (χ0) is 11.8. The first kappa shape index (κ1) is 10.0. The molecular weight excluding hydrogens is 218 g/mol. The summed E-state index contributed by atoms with van der Waals surface area (Å²) in [6.07, 6.45) is 1.61. The second kappa shape index (κ2) is 3.71. The Bertz CT molecular complexity index is 669. The van der Waals surface area contributed by atoms with Crippen LogP contribution >= 0.6 is 0 Å². The minimum Gasteiger partial charge on any atom is -0.460 e. The van der Waals surface area contributed by atoms with Crippen molar-refractivity contribution in [3.05, 3.63) is 41.9 Å². The molecule has 0 saturated heterocycles. The number of nitrogens with zero attached hydrogens (tertiary/aromatic N) is 3. The second-order valence-corrected chi connectivity index (χ2v) is 3.81. The van der Waals surface area contributed by atoms with Crippen molar-refractivity contribution >= 4 is 5.65 Å². The molecule has 0 bridgehead atoms. The van der Waals surface area contributed by atoms with E-state index in [1.165, 1.54) is 0 Å². The lowest BCUT2D eigenvalue weighted by Crippen LogP contribution is -1.98. The van der Waals surface area contributed by atoms with Crippen molar-refractivity contribution in [1.29, 1.82) is 0 Å². The van der Waals surface area contributed by atoms with Crippen LogP contribution in [0.4, 0.5) is 0 Å². The normalized spacial score (nSPS) is 11.2. The van der Waals surface area contributed by atoms with Crippen molar-refractivity contribution in [1.82, 2.24) is 14.6 Å². The molecule has 0 aromatic carbocycles. The Morgan fingerprint density at radius 2 is 2.18 bits per heavy atom. The van der Waals surface area contributed by atoms with Crippen molar-refractivity contribution in [2.75, 3.05) is 0 Å². The summed E-state index contributed by atoms with van der Waals surface area (Å²) in [4.78, 5) is 4.14. The smallest absolute Gasteiger partial charge is 0.154 e. The third-order valence-corrected chi connectivity index (χ3v) is 2.59. The van der Waals surface area contributed by atoms with Gasteiger partial charge in [-0.15, -0.1) is 0 Å². The van der Waals surface area contributed by atoms with Crippen LogP contribution in [0, 0.1) is 6.92 Å². The van der Waals surface area contributed by atoms with Gasteiger partial charge in [0, 0.05) is 0 Å². The highest BCUT2D eigenvalue weighted by Gasteiger charge is 2.08. The lowest BCUT2D eigenvalue weighted by molar-refractivity contribution is 0.274. The van der Waals surface area contributed by atoms with Crippen LogP contribution in [0.3, 0.4) is 0 Å². The van der Waals surface area contributed by atoms with Gasteiger partial charge in [0.1, 0.15) is 11.5 Å². The average molecular weight is 229 g/mol. The maximum absolute atomic E-state index is 9.17. The van der Waals surface area contributed by atoms with E-state index in [-0.39, 0.29) is 6.61 Å². The summed E-state index contributed by atoms with van der Waals surface area (Å²) in [5, 5.41) is 13.6. The summed E-state index contributed by atoms with van der Waals surface area (Å²) < 4.78 is 7.13. The molecule has 0 aliphatic carbocycles. The van der Waals surface area contributed by atoms with Crippen molar-refractivity contribution in [2.45, 2.75) is 13.5 Å². The van der Waals surface area contributed by atoms with Crippen LogP contribution < -0.4 is 0 Å². The fourth-order valence-electron chi connectivity index (χ4n) is 1.73. The van der Waals surface area contributed by atoms with Gasteiger partial charge < -0.3 is 9.52 Å². The Hall–Kier alpha value is -2.14. The number of rotatable bonds is 2. The number of aryl methyl sites for hydroxylation is 1. The van der Waals surface area contributed by atoms with Crippen LogP contribution in [-0.4, -0.2) is 19.7 Å². The minimum absolute atomic E-state index is 0.0885. The van der Waals surface area contributed by atoms with E-state index in [4.69, 9.17) is 9.52 Å². The second-order valence-electron chi connectivity index (χ2n) is 3.81. The van der Waals surface area contributed by atoms with Gasteiger partial charge in [0.15, 0.2) is 11.4 Å². The van der Waals surface area contributed by atoms with E-state index in [1.54, 1.807) is 10.7 Å². The van der Waals surface area contributed by atoms with Crippen LogP contribution in [0.1, 0.15) is 11.5 Å².